The zero-order valence-electron chi connectivity index (χ0n) is 13.1. The van der Waals surface area contributed by atoms with Crippen molar-refractivity contribution in [3.8, 4) is 0 Å². The monoisotopic (exact) mass is 308 g/mol. The van der Waals surface area contributed by atoms with Crippen molar-refractivity contribution in [3.63, 3.8) is 0 Å². The van der Waals surface area contributed by atoms with Gasteiger partial charge in [0, 0.05) is 24.3 Å². The predicted octanol–water partition coefficient (Wildman–Crippen LogP) is 4.48. The van der Waals surface area contributed by atoms with Crippen LogP contribution in [0.3, 0.4) is 0 Å². The Morgan fingerprint density at radius 2 is 2.17 bits per heavy atom. The average molecular weight is 308 g/mol. The molecule has 0 fully saturated rings. The van der Waals surface area contributed by atoms with Crippen LogP contribution >= 0.6 is 0 Å². The molecular formula is C18H20N4O. The molecule has 0 bridgehead atoms. The van der Waals surface area contributed by atoms with Gasteiger partial charge in [0.25, 0.3) is 6.01 Å². The highest BCUT2D eigenvalue weighted by Gasteiger charge is 2.14. The summed E-state index contributed by atoms with van der Waals surface area (Å²) in [5.41, 5.74) is 1.86. The van der Waals surface area contributed by atoms with Gasteiger partial charge >= 0.3 is 0 Å². The van der Waals surface area contributed by atoms with Gasteiger partial charge in [0.05, 0.1) is 12.5 Å². The van der Waals surface area contributed by atoms with E-state index in [2.05, 4.69) is 44.9 Å². The molecule has 1 aliphatic carbocycles. The molecular weight excluding hydrogens is 288 g/mol. The molecule has 0 aliphatic heterocycles. The molecule has 1 heterocycles. The van der Waals surface area contributed by atoms with Crippen molar-refractivity contribution in [3.05, 3.63) is 60.5 Å². The minimum Gasteiger partial charge on any atom is -0.428 e. The maximum absolute atomic E-state index is 5.85. The zero-order chi connectivity index (χ0) is 15.9. The summed E-state index contributed by atoms with van der Waals surface area (Å²) in [5, 5.41) is 6.28. The van der Waals surface area contributed by atoms with Crippen molar-refractivity contribution in [1.29, 1.82) is 0 Å². The van der Waals surface area contributed by atoms with E-state index in [-0.39, 0.29) is 5.92 Å². The Morgan fingerprint density at radius 1 is 1.26 bits per heavy atom. The molecule has 1 aromatic heterocycles. The minimum absolute atomic E-state index is 0.255. The summed E-state index contributed by atoms with van der Waals surface area (Å²) in [5.74, 6) is 1.13. The highest BCUT2D eigenvalue weighted by Crippen LogP contribution is 2.27. The molecule has 23 heavy (non-hydrogen) atoms. The van der Waals surface area contributed by atoms with E-state index in [0.29, 0.717) is 6.01 Å². The van der Waals surface area contributed by atoms with E-state index in [1.54, 1.807) is 19.6 Å². The van der Waals surface area contributed by atoms with Crippen LogP contribution in [0.5, 0.6) is 0 Å². The van der Waals surface area contributed by atoms with E-state index in [1.807, 2.05) is 24.3 Å². The largest absolute Gasteiger partial charge is 0.428 e. The molecule has 3 rings (SSSR count). The minimum atomic E-state index is 0.255. The molecule has 2 N–H and O–H groups in total. The Bertz CT molecular complexity index is 730. The van der Waals surface area contributed by atoms with Crippen LogP contribution in [0.2, 0.25) is 0 Å². The van der Waals surface area contributed by atoms with Gasteiger partial charge < -0.3 is 15.1 Å². The number of rotatable bonds is 5. The number of aromatic nitrogens is 1. The summed E-state index contributed by atoms with van der Waals surface area (Å²) in [6.07, 6.45) is 14.1. The van der Waals surface area contributed by atoms with Crippen LogP contribution in [0.4, 0.5) is 17.4 Å². The van der Waals surface area contributed by atoms with Gasteiger partial charge in [-0.3, -0.25) is 4.99 Å². The topological polar surface area (TPSA) is 62.5 Å². The first-order valence-electron chi connectivity index (χ1n) is 7.67. The van der Waals surface area contributed by atoms with Gasteiger partial charge in [-0.15, -0.1) is 0 Å². The van der Waals surface area contributed by atoms with Crippen molar-refractivity contribution in [2.24, 2.45) is 4.99 Å². The summed E-state index contributed by atoms with van der Waals surface area (Å²) < 4.78 is 5.85. The molecule has 1 aromatic carbocycles. The van der Waals surface area contributed by atoms with Crippen molar-refractivity contribution >= 4 is 23.7 Å². The number of allylic oxidation sites excluding steroid dienone is 4. The van der Waals surface area contributed by atoms with Gasteiger partial charge in [0.15, 0.2) is 0 Å². The fourth-order valence-corrected chi connectivity index (χ4v) is 2.42. The number of hydrogen-bond acceptors (Lipinski definition) is 4. The van der Waals surface area contributed by atoms with Gasteiger partial charge in [-0.1, -0.05) is 30.4 Å². The third kappa shape index (κ3) is 4.10. The third-order valence-electron chi connectivity index (χ3n) is 3.56. The second-order valence-electron chi connectivity index (χ2n) is 5.28. The number of hydrogen-bond donors (Lipinski definition) is 2. The average Bonchev–Trinajstić information content (AvgIpc) is 2.86. The maximum Gasteiger partial charge on any atom is 0.299 e. The first-order chi connectivity index (χ1) is 11.3. The quantitative estimate of drug-likeness (QED) is 0.486. The highest BCUT2D eigenvalue weighted by molar-refractivity contribution is 5.77. The van der Waals surface area contributed by atoms with Crippen molar-refractivity contribution in [2.45, 2.75) is 18.8 Å². The second-order valence-corrected chi connectivity index (χ2v) is 5.28. The molecule has 0 saturated carbocycles. The van der Waals surface area contributed by atoms with Crippen molar-refractivity contribution in [1.82, 2.24) is 4.98 Å². The summed E-state index contributed by atoms with van der Waals surface area (Å²) in [7, 11) is 1.72. The summed E-state index contributed by atoms with van der Waals surface area (Å²) in [6.45, 7) is 0. The molecule has 1 atom stereocenters. The molecule has 118 valence electrons. The Kier molecular flexibility index (Phi) is 4.88. The van der Waals surface area contributed by atoms with E-state index < -0.39 is 0 Å². The molecule has 2 aromatic rings. The Labute approximate surface area is 135 Å². The van der Waals surface area contributed by atoms with Crippen LogP contribution in [0, 0.1) is 0 Å². The number of nitrogens with zero attached hydrogens (tertiary/aromatic N) is 2. The van der Waals surface area contributed by atoms with Crippen molar-refractivity contribution < 1.29 is 4.42 Å². The molecule has 1 aliphatic rings. The number of benzene rings is 1. The van der Waals surface area contributed by atoms with E-state index in [0.717, 1.165) is 30.0 Å². The lowest BCUT2D eigenvalue weighted by Gasteiger charge is -2.06. The first kappa shape index (κ1) is 15.1. The fourth-order valence-electron chi connectivity index (χ4n) is 2.42. The van der Waals surface area contributed by atoms with Crippen LogP contribution in [0.1, 0.15) is 24.5 Å². The maximum atomic E-state index is 5.85. The van der Waals surface area contributed by atoms with Crippen LogP contribution in [-0.2, 0) is 0 Å². The summed E-state index contributed by atoms with van der Waals surface area (Å²) >= 11 is 0. The van der Waals surface area contributed by atoms with Crippen LogP contribution in [-0.4, -0.2) is 18.4 Å². The van der Waals surface area contributed by atoms with E-state index >= 15 is 0 Å². The normalized spacial score (nSPS) is 17.3. The number of oxazole rings is 1. The smallest absolute Gasteiger partial charge is 0.299 e. The lowest BCUT2D eigenvalue weighted by atomic mass is 10.0. The molecule has 0 radical (unpaired) electrons. The van der Waals surface area contributed by atoms with Gasteiger partial charge in [0.1, 0.15) is 5.76 Å². The second kappa shape index (κ2) is 7.45. The molecule has 0 amide bonds. The fraction of sp³-hybridized carbons (Fsp3) is 0.222. The number of aliphatic imine (C=N–C) groups is 1. The lowest BCUT2D eigenvalue weighted by Crippen LogP contribution is -1.96. The SMILES string of the molecule is CN=CNc1cccc(Nc2ncc(C3C=CCC=CC3)o2)c1. The Hall–Kier alpha value is -2.82. The molecule has 0 saturated heterocycles. The number of anilines is 3. The van der Waals surface area contributed by atoms with Crippen LogP contribution in [0.25, 0.3) is 0 Å². The van der Waals surface area contributed by atoms with Crippen molar-refractivity contribution in [2.75, 3.05) is 17.7 Å². The van der Waals surface area contributed by atoms with E-state index in [4.69, 9.17) is 4.42 Å². The third-order valence-corrected chi connectivity index (χ3v) is 3.56. The van der Waals surface area contributed by atoms with Gasteiger partial charge in [-0.05, 0) is 31.0 Å². The first-order valence-corrected chi connectivity index (χ1v) is 7.67. The van der Waals surface area contributed by atoms with Gasteiger partial charge in [0.2, 0.25) is 0 Å². The van der Waals surface area contributed by atoms with Crippen LogP contribution in [0.15, 0.2) is 64.2 Å². The molecule has 1 unspecified atom stereocenters. The van der Waals surface area contributed by atoms with E-state index in [1.165, 1.54) is 0 Å². The molecule has 5 nitrogen and oxygen atoms in total. The molecule has 5 heteroatoms. The summed E-state index contributed by atoms with van der Waals surface area (Å²) in [4.78, 5) is 8.23. The molecule has 0 spiro atoms. The Morgan fingerprint density at radius 3 is 3.09 bits per heavy atom. The highest BCUT2D eigenvalue weighted by atomic mass is 16.4. The number of nitrogens with one attached hydrogen (secondary N) is 2. The Balaban J connectivity index is 1.70. The van der Waals surface area contributed by atoms with Crippen LogP contribution < -0.4 is 10.6 Å². The standard InChI is InChI=1S/C18H20N4O/c1-19-13-21-15-9-6-10-16(11-15)22-18-20-12-17(23-18)14-7-4-2-3-5-8-14/h2,4-6,8-14H,3,7H2,1H3,(H,19,21)(H,20,22). The zero-order valence-corrected chi connectivity index (χ0v) is 13.1. The van der Waals surface area contributed by atoms with E-state index in [9.17, 15) is 0 Å². The van der Waals surface area contributed by atoms with Gasteiger partial charge in [-0.25, -0.2) is 4.98 Å². The lowest BCUT2D eigenvalue weighted by molar-refractivity contribution is 0.502. The summed E-state index contributed by atoms with van der Waals surface area (Å²) in [6, 6.07) is 8.36. The van der Waals surface area contributed by atoms with Gasteiger partial charge in [-0.2, -0.15) is 0 Å². The predicted molar refractivity (Wildman–Crippen MR) is 94.5 cm³/mol.